The van der Waals surface area contributed by atoms with Crippen LogP contribution in [0, 0.1) is 0 Å². The first kappa shape index (κ1) is 18.3. The molecule has 0 heterocycles. The Kier molecular flexibility index (Phi) is 7.17. The normalized spacial score (nSPS) is 12.8. The number of hydrogen-bond donors (Lipinski definition) is 3. The molecule has 1 unspecified atom stereocenters. The third-order valence-corrected chi connectivity index (χ3v) is 3.05. The Morgan fingerprint density at radius 1 is 1.36 bits per heavy atom. The number of hydrogen-bond acceptors (Lipinski definition) is 2. The molecule has 0 aliphatic carbocycles. The summed E-state index contributed by atoms with van der Waals surface area (Å²) in [7, 11) is 0. The van der Waals surface area contributed by atoms with Crippen molar-refractivity contribution in [2.24, 2.45) is 0 Å². The molecule has 0 radical (unpaired) electrons. The van der Waals surface area contributed by atoms with E-state index < -0.39 is 18.6 Å². The predicted octanol–water partition coefficient (Wildman–Crippen LogP) is 3.46. The van der Waals surface area contributed by atoms with E-state index in [1.54, 1.807) is 18.2 Å². The monoisotopic (exact) mass is 318 g/mol. The molecule has 0 aromatic heterocycles. The molecular weight excluding hydrogens is 297 g/mol. The molecule has 0 bridgehead atoms. The van der Waals surface area contributed by atoms with E-state index in [9.17, 15) is 18.0 Å². The van der Waals surface area contributed by atoms with Gasteiger partial charge in [-0.1, -0.05) is 12.1 Å². The highest BCUT2D eigenvalue weighted by atomic mass is 19.4. The molecule has 4 nitrogen and oxygen atoms in total. The molecule has 1 atom stereocenters. The molecular formula is C15H21F3N2O2. The highest BCUT2D eigenvalue weighted by Crippen LogP contribution is 2.23. The van der Waals surface area contributed by atoms with Crippen LogP contribution in [0.25, 0.3) is 0 Å². The summed E-state index contributed by atoms with van der Waals surface area (Å²) in [5, 5.41) is 14.0. The van der Waals surface area contributed by atoms with Gasteiger partial charge in [0.15, 0.2) is 0 Å². The molecule has 0 saturated carbocycles. The second-order valence-corrected chi connectivity index (χ2v) is 5.18. The first-order valence-corrected chi connectivity index (χ1v) is 7.14. The number of urea groups is 1. The Labute approximate surface area is 127 Å². The summed E-state index contributed by atoms with van der Waals surface area (Å²) < 4.78 is 36.6. The molecule has 124 valence electrons. The molecule has 0 fully saturated rings. The van der Waals surface area contributed by atoms with Crippen molar-refractivity contribution in [1.82, 2.24) is 5.32 Å². The maximum Gasteiger partial charge on any atom is 0.389 e. The fourth-order valence-electron chi connectivity index (χ4n) is 1.95. The number of halogens is 3. The average Bonchev–Trinajstić information content (AvgIpc) is 2.42. The summed E-state index contributed by atoms with van der Waals surface area (Å²) in [6, 6.07) is 5.84. The molecule has 0 aliphatic rings. The minimum Gasteiger partial charge on any atom is -0.396 e. The molecule has 22 heavy (non-hydrogen) atoms. The summed E-state index contributed by atoms with van der Waals surface area (Å²) in [4.78, 5) is 11.7. The molecule has 0 aliphatic heterocycles. The smallest absolute Gasteiger partial charge is 0.389 e. The van der Waals surface area contributed by atoms with Crippen molar-refractivity contribution in [2.45, 2.75) is 44.8 Å². The Balaban J connectivity index is 2.50. The highest BCUT2D eigenvalue weighted by molar-refractivity contribution is 5.89. The van der Waals surface area contributed by atoms with Gasteiger partial charge in [0.1, 0.15) is 0 Å². The summed E-state index contributed by atoms with van der Waals surface area (Å²) in [6.45, 7) is 1.88. The number of amides is 2. The van der Waals surface area contributed by atoms with Crippen LogP contribution in [0.3, 0.4) is 0 Å². The fraction of sp³-hybridized carbons (Fsp3) is 0.533. The second kappa shape index (κ2) is 8.63. The minimum absolute atomic E-state index is 0.0644. The summed E-state index contributed by atoms with van der Waals surface area (Å²) in [5.74, 6) is 0. The van der Waals surface area contributed by atoms with Gasteiger partial charge in [-0.25, -0.2) is 4.79 Å². The lowest BCUT2D eigenvalue weighted by molar-refractivity contribution is -0.133. The van der Waals surface area contributed by atoms with Gasteiger partial charge in [-0.2, -0.15) is 13.2 Å². The largest absolute Gasteiger partial charge is 0.396 e. The highest BCUT2D eigenvalue weighted by Gasteiger charge is 2.26. The Hall–Kier alpha value is -1.76. The number of aliphatic hydroxyl groups excluding tert-OH is 1. The van der Waals surface area contributed by atoms with Gasteiger partial charge >= 0.3 is 12.2 Å². The first-order chi connectivity index (χ1) is 10.3. The lowest BCUT2D eigenvalue weighted by Crippen LogP contribution is -2.36. The van der Waals surface area contributed by atoms with Crippen molar-refractivity contribution >= 4 is 11.7 Å². The molecule has 3 N–H and O–H groups in total. The maximum atomic E-state index is 12.2. The van der Waals surface area contributed by atoms with Crippen LogP contribution in [0.4, 0.5) is 23.7 Å². The number of alkyl halides is 3. The average molecular weight is 318 g/mol. The van der Waals surface area contributed by atoms with Crippen molar-refractivity contribution in [3.05, 3.63) is 29.8 Å². The van der Waals surface area contributed by atoms with Crippen LogP contribution in [0.1, 0.15) is 31.7 Å². The zero-order chi connectivity index (χ0) is 16.6. The fourth-order valence-corrected chi connectivity index (χ4v) is 1.95. The topological polar surface area (TPSA) is 61.4 Å². The van der Waals surface area contributed by atoms with E-state index in [4.69, 9.17) is 5.11 Å². The standard InChI is InChI=1S/C15H21F3N2O2/c1-11(4-3-9-21)19-14(22)20-13-6-2-5-12(10-13)7-8-15(16,17)18/h2,5-6,10-11,21H,3-4,7-9H2,1H3,(H2,19,20,22). The van der Waals surface area contributed by atoms with E-state index in [2.05, 4.69) is 10.6 Å². The third-order valence-electron chi connectivity index (χ3n) is 3.05. The van der Waals surface area contributed by atoms with E-state index in [0.717, 1.165) is 0 Å². The van der Waals surface area contributed by atoms with Crippen LogP contribution in [0.15, 0.2) is 24.3 Å². The summed E-state index contributed by atoms with van der Waals surface area (Å²) in [6.07, 6.45) is -3.96. The van der Waals surface area contributed by atoms with Crippen LogP contribution < -0.4 is 10.6 Å². The summed E-state index contributed by atoms with van der Waals surface area (Å²) in [5.41, 5.74) is 0.968. The van der Waals surface area contributed by atoms with Crippen molar-refractivity contribution in [2.75, 3.05) is 11.9 Å². The molecule has 0 spiro atoms. The van der Waals surface area contributed by atoms with E-state index in [0.29, 0.717) is 24.1 Å². The number of benzene rings is 1. The quantitative estimate of drug-likeness (QED) is 0.721. The van der Waals surface area contributed by atoms with Crippen LogP contribution in [-0.4, -0.2) is 30.0 Å². The van der Waals surface area contributed by atoms with Gasteiger partial charge in [0.2, 0.25) is 0 Å². The van der Waals surface area contributed by atoms with Gasteiger partial charge in [-0.3, -0.25) is 0 Å². The van der Waals surface area contributed by atoms with E-state index >= 15 is 0 Å². The maximum absolute atomic E-state index is 12.2. The molecule has 1 rings (SSSR count). The number of carbonyl (C=O) groups excluding carboxylic acids is 1. The van der Waals surface area contributed by atoms with Crippen molar-refractivity contribution in [3.63, 3.8) is 0 Å². The van der Waals surface area contributed by atoms with E-state index in [1.807, 2.05) is 6.92 Å². The van der Waals surface area contributed by atoms with Crippen LogP contribution in [0.2, 0.25) is 0 Å². The Bertz CT molecular complexity index is 478. The lowest BCUT2D eigenvalue weighted by atomic mass is 10.1. The number of aliphatic hydroxyl groups is 1. The molecule has 7 heteroatoms. The van der Waals surface area contributed by atoms with Gasteiger partial charge in [-0.05, 0) is 43.9 Å². The van der Waals surface area contributed by atoms with Crippen LogP contribution in [0.5, 0.6) is 0 Å². The van der Waals surface area contributed by atoms with E-state index in [1.165, 1.54) is 6.07 Å². The number of carbonyl (C=O) groups is 1. The van der Waals surface area contributed by atoms with Gasteiger partial charge in [0.25, 0.3) is 0 Å². The minimum atomic E-state index is -4.19. The molecule has 0 saturated heterocycles. The third kappa shape index (κ3) is 7.87. The first-order valence-electron chi connectivity index (χ1n) is 7.14. The van der Waals surface area contributed by atoms with Gasteiger partial charge in [0.05, 0.1) is 0 Å². The van der Waals surface area contributed by atoms with Crippen LogP contribution >= 0.6 is 0 Å². The van der Waals surface area contributed by atoms with E-state index in [-0.39, 0.29) is 19.1 Å². The Morgan fingerprint density at radius 2 is 2.09 bits per heavy atom. The number of rotatable bonds is 7. The molecule has 2 amide bonds. The number of aryl methyl sites for hydroxylation is 1. The van der Waals surface area contributed by atoms with Gasteiger partial charge in [-0.15, -0.1) is 0 Å². The number of nitrogens with one attached hydrogen (secondary N) is 2. The van der Waals surface area contributed by atoms with Crippen LogP contribution in [-0.2, 0) is 6.42 Å². The SMILES string of the molecule is CC(CCCO)NC(=O)Nc1cccc(CCC(F)(F)F)c1. The Morgan fingerprint density at radius 3 is 2.73 bits per heavy atom. The van der Waals surface area contributed by atoms with Gasteiger partial charge < -0.3 is 15.7 Å². The van der Waals surface area contributed by atoms with Crippen molar-refractivity contribution in [1.29, 1.82) is 0 Å². The predicted molar refractivity (Wildman–Crippen MR) is 78.8 cm³/mol. The molecule has 1 aromatic carbocycles. The zero-order valence-corrected chi connectivity index (χ0v) is 12.4. The zero-order valence-electron chi connectivity index (χ0n) is 12.4. The van der Waals surface area contributed by atoms with Crippen molar-refractivity contribution in [3.8, 4) is 0 Å². The lowest BCUT2D eigenvalue weighted by Gasteiger charge is -2.14. The summed E-state index contributed by atoms with van der Waals surface area (Å²) >= 11 is 0. The molecule has 1 aromatic rings. The number of anilines is 1. The second-order valence-electron chi connectivity index (χ2n) is 5.18. The van der Waals surface area contributed by atoms with Crippen molar-refractivity contribution < 1.29 is 23.1 Å². The van der Waals surface area contributed by atoms with Gasteiger partial charge in [0, 0.05) is 24.8 Å².